The van der Waals surface area contributed by atoms with E-state index in [1.54, 1.807) is 7.11 Å². The van der Waals surface area contributed by atoms with Crippen LogP contribution in [0.4, 0.5) is 0 Å². The summed E-state index contributed by atoms with van der Waals surface area (Å²) in [5, 5.41) is 3.32. The Balaban J connectivity index is 3.37. The Labute approximate surface area is 94.4 Å². The predicted molar refractivity (Wildman–Crippen MR) is 67.2 cm³/mol. The molecule has 0 heterocycles. The molecule has 0 aliphatic heterocycles. The van der Waals surface area contributed by atoms with Gasteiger partial charge >= 0.3 is 0 Å². The lowest BCUT2D eigenvalue weighted by Crippen LogP contribution is -2.19. The van der Waals surface area contributed by atoms with E-state index in [2.05, 4.69) is 31.8 Å². The summed E-state index contributed by atoms with van der Waals surface area (Å²) >= 11 is 0. The summed E-state index contributed by atoms with van der Waals surface area (Å²) in [7, 11) is 1.73. The van der Waals surface area contributed by atoms with Crippen molar-refractivity contribution in [1.29, 1.82) is 0 Å². The van der Waals surface area contributed by atoms with Crippen LogP contribution >= 0.6 is 0 Å². The summed E-state index contributed by atoms with van der Waals surface area (Å²) < 4.78 is 4.95. The molecule has 0 atom stereocenters. The minimum atomic E-state index is 0.790. The first-order chi connectivity index (χ1) is 7.16. The maximum absolute atomic E-state index is 4.95. The summed E-state index contributed by atoms with van der Waals surface area (Å²) in [6, 6.07) is 0. The molecule has 0 aromatic heterocycles. The molecule has 0 aromatic carbocycles. The highest BCUT2D eigenvalue weighted by atomic mass is 16.5. The number of allylic oxidation sites excluding steroid dienone is 2. The maximum Gasteiger partial charge on any atom is 0.0587 e. The molecule has 0 amide bonds. The van der Waals surface area contributed by atoms with Crippen molar-refractivity contribution in [3.05, 3.63) is 23.8 Å². The fraction of sp³-hybridized carbons (Fsp3) is 0.692. The van der Waals surface area contributed by atoms with E-state index in [1.807, 2.05) is 0 Å². The van der Waals surface area contributed by atoms with E-state index in [4.69, 9.17) is 4.74 Å². The van der Waals surface area contributed by atoms with Crippen LogP contribution in [-0.2, 0) is 4.74 Å². The minimum Gasteiger partial charge on any atom is -0.383 e. The lowest BCUT2D eigenvalue weighted by Gasteiger charge is -2.03. The van der Waals surface area contributed by atoms with Crippen molar-refractivity contribution >= 4 is 0 Å². The second-order valence-electron chi connectivity index (χ2n) is 4.04. The van der Waals surface area contributed by atoms with Gasteiger partial charge < -0.3 is 10.1 Å². The molecule has 2 nitrogen and oxygen atoms in total. The molecule has 0 bridgehead atoms. The number of rotatable bonds is 9. The van der Waals surface area contributed by atoms with Gasteiger partial charge in [0.25, 0.3) is 0 Å². The Kier molecular flexibility index (Phi) is 9.54. The molecule has 0 saturated heterocycles. The Morgan fingerprint density at radius 1 is 1.27 bits per heavy atom. The number of hydrogen-bond acceptors (Lipinski definition) is 2. The average Bonchev–Trinajstić information content (AvgIpc) is 2.20. The largest absolute Gasteiger partial charge is 0.383 e. The Morgan fingerprint density at radius 3 is 2.60 bits per heavy atom. The summed E-state index contributed by atoms with van der Waals surface area (Å²) in [4.78, 5) is 0. The van der Waals surface area contributed by atoms with Crippen LogP contribution in [0.1, 0.15) is 33.1 Å². The van der Waals surface area contributed by atoms with E-state index in [0.29, 0.717) is 0 Å². The molecule has 0 aromatic rings. The summed E-state index contributed by atoms with van der Waals surface area (Å²) in [5.41, 5.74) is 2.73. The van der Waals surface area contributed by atoms with Crippen molar-refractivity contribution in [3.8, 4) is 0 Å². The lowest BCUT2D eigenvalue weighted by molar-refractivity contribution is 0.199. The molecule has 0 radical (unpaired) electrons. The minimum absolute atomic E-state index is 0.790. The molecule has 0 rings (SSSR count). The van der Waals surface area contributed by atoms with Crippen LogP contribution in [0, 0.1) is 0 Å². The van der Waals surface area contributed by atoms with Crippen LogP contribution in [0.15, 0.2) is 23.8 Å². The monoisotopic (exact) mass is 211 g/mol. The van der Waals surface area contributed by atoms with E-state index >= 15 is 0 Å². The average molecular weight is 211 g/mol. The molecular formula is C13H25NO. The van der Waals surface area contributed by atoms with Gasteiger partial charge in [-0.05, 0) is 39.7 Å². The van der Waals surface area contributed by atoms with Gasteiger partial charge in [0.05, 0.1) is 6.61 Å². The fourth-order valence-electron chi connectivity index (χ4n) is 1.23. The molecule has 0 fully saturated rings. The number of hydrogen-bond donors (Lipinski definition) is 1. The van der Waals surface area contributed by atoms with E-state index in [9.17, 15) is 0 Å². The molecule has 0 saturated carbocycles. The Hall–Kier alpha value is -0.600. The standard InChI is InChI=1S/C13H25NO/c1-12(2)7-8-13(3)6-5-9-14-10-11-15-4/h6,14H,1,5,7-11H2,2-4H3/b13-6-. The molecule has 0 unspecified atom stereocenters. The Bertz CT molecular complexity index is 197. The topological polar surface area (TPSA) is 21.3 Å². The smallest absolute Gasteiger partial charge is 0.0587 e. The number of ether oxygens (including phenoxy) is 1. The third-order valence-corrected chi connectivity index (χ3v) is 2.24. The highest BCUT2D eigenvalue weighted by Gasteiger charge is 1.91. The van der Waals surface area contributed by atoms with Crippen molar-refractivity contribution in [2.24, 2.45) is 0 Å². The van der Waals surface area contributed by atoms with Crippen LogP contribution in [0.2, 0.25) is 0 Å². The number of methoxy groups -OCH3 is 1. The zero-order valence-electron chi connectivity index (χ0n) is 10.4. The van der Waals surface area contributed by atoms with Crippen molar-refractivity contribution in [3.63, 3.8) is 0 Å². The lowest BCUT2D eigenvalue weighted by atomic mass is 10.1. The second kappa shape index (κ2) is 9.94. The molecule has 1 N–H and O–H groups in total. The second-order valence-corrected chi connectivity index (χ2v) is 4.04. The molecular weight excluding hydrogens is 186 g/mol. The van der Waals surface area contributed by atoms with Gasteiger partial charge in [0, 0.05) is 13.7 Å². The summed E-state index contributed by atoms with van der Waals surface area (Å²) in [5.74, 6) is 0. The van der Waals surface area contributed by atoms with Crippen LogP contribution in [0.25, 0.3) is 0 Å². The predicted octanol–water partition coefficient (Wildman–Crippen LogP) is 2.92. The van der Waals surface area contributed by atoms with E-state index < -0.39 is 0 Å². The first kappa shape index (κ1) is 14.4. The zero-order valence-corrected chi connectivity index (χ0v) is 10.4. The van der Waals surface area contributed by atoms with E-state index in [0.717, 1.165) is 39.0 Å². The van der Waals surface area contributed by atoms with Gasteiger partial charge in [-0.15, -0.1) is 6.58 Å². The quantitative estimate of drug-likeness (QED) is 0.468. The van der Waals surface area contributed by atoms with Gasteiger partial charge in [0.2, 0.25) is 0 Å². The van der Waals surface area contributed by atoms with Crippen molar-refractivity contribution < 1.29 is 4.74 Å². The van der Waals surface area contributed by atoms with Gasteiger partial charge in [-0.25, -0.2) is 0 Å². The molecule has 0 aliphatic rings. The SMILES string of the molecule is C=C(C)CC/C(C)=C\CCNCCOC. The summed E-state index contributed by atoms with van der Waals surface area (Å²) in [6.45, 7) is 10.9. The van der Waals surface area contributed by atoms with Crippen molar-refractivity contribution in [2.45, 2.75) is 33.1 Å². The van der Waals surface area contributed by atoms with Gasteiger partial charge in [0.15, 0.2) is 0 Å². The molecule has 15 heavy (non-hydrogen) atoms. The fourth-order valence-corrected chi connectivity index (χ4v) is 1.23. The van der Waals surface area contributed by atoms with Gasteiger partial charge in [-0.2, -0.15) is 0 Å². The van der Waals surface area contributed by atoms with E-state index in [-0.39, 0.29) is 0 Å². The maximum atomic E-state index is 4.95. The molecule has 88 valence electrons. The zero-order chi connectivity index (χ0) is 11.5. The first-order valence-corrected chi connectivity index (χ1v) is 5.66. The molecule has 2 heteroatoms. The first-order valence-electron chi connectivity index (χ1n) is 5.66. The van der Waals surface area contributed by atoms with Crippen LogP contribution < -0.4 is 5.32 Å². The third kappa shape index (κ3) is 11.3. The van der Waals surface area contributed by atoms with Crippen LogP contribution in [0.5, 0.6) is 0 Å². The summed E-state index contributed by atoms with van der Waals surface area (Å²) in [6.07, 6.45) is 5.67. The van der Waals surface area contributed by atoms with Gasteiger partial charge in [-0.1, -0.05) is 17.2 Å². The highest BCUT2D eigenvalue weighted by Crippen LogP contribution is 2.09. The van der Waals surface area contributed by atoms with Crippen molar-refractivity contribution in [1.82, 2.24) is 5.32 Å². The van der Waals surface area contributed by atoms with Gasteiger partial charge in [0.1, 0.15) is 0 Å². The normalized spacial score (nSPS) is 11.8. The Morgan fingerprint density at radius 2 is 2.00 bits per heavy atom. The van der Waals surface area contributed by atoms with Crippen molar-refractivity contribution in [2.75, 3.05) is 26.8 Å². The van der Waals surface area contributed by atoms with E-state index in [1.165, 1.54) is 11.1 Å². The highest BCUT2D eigenvalue weighted by molar-refractivity contribution is 5.02. The third-order valence-electron chi connectivity index (χ3n) is 2.24. The molecule has 0 spiro atoms. The number of nitrogens with one attached hydrogen (secondary N) is 1. The van der Waals surface area contributed by atoms with Crippen LogP contribution in [0.3, 0.4) is 0 Å². The van der Waals surface area contributed by atoms with Crippen LogP contribution in [-0.4, -0.2) is 26.8 Å². The van der Waals surface area contributed by atoms with Gasteiger partial charge in [-0.3, -0.25) is 0 Å². The molecule has 0 aliphatic carbocycles.